The Kier molecular flexibility index (Phi) is 3.89. The monoisotopic (exact) mass is 262 g/mol. The maximum Gasteiger partial charge on any atom is 0.0762 e. The average molecular weight is 262 g/mol. The summed E-state index contributed by atoms with van der Waals surface area (Å²) in [5.41, 5.74) is 1.18. The molecule has 0 aliphatic carbocycles. The van der Waals surface area contributed by atoms with Gasteiger partial charge in [-0.3, -0.25) is 4.68 Å². The normalized spacial score (nSPS) is 31.6. The van der Waals surface area contributed by atoms with Crippen molar-refractivity contribution in [3.05, 3.63) is 18.0 Å². The number of hydrogen-bond donors (Lipinski definition) is 1. The predicted molar refractivity (Wildman–Crippen MR) is 77.0 cm³/mol. The fourth-order valence-corrected chi connectivity index (χ4v) is 3.34. The lowest BCUT2D eigenvalue weighted by atomic mass is 9.84. The first-order valence-electron chi connectivity index (χ1n) is 7.76. The minimum atomic E-state index is 0.505. The van der Waals surface area contributed by atoms with Gasteiger partial charge >= 0.3 is 0 Å². The first-order valence-corrected chi connectivity index (χ1v) is 7.76. The van der Waals surface area contributed by atoms with E-state index < -0.39 is 0 Å². The Hall–Kier alpha value is -0.870. The van der Waals surface area contributed by atoms with Crippen molar-refractivity contribution in [3.8, 4) is 0 Å². The van der Waals surface area contributed by atoms with E-state index in [0.29, 0.717) is 12.1 Å². The van der Waals surface area contributed by atoms with Gasteiger partial charge in [-0.15, -0.1) is 0 Å². The number of piperidine rings is 3. The van der Waals surface area contributed by atoms with E-state index in [2.05, 4.69) is 46.1 Å². The van der Waals surface area contributed by atoms with Crippen LogP contribution in [0.5, 0.6) is 0 Å². The number of aromatic nitrogens is 2. The third-order valence-electron chi connectivity index (χ3n) is 4.91. The van der Waals surface area contributed by atoms with Crippen LogP contribution in [0.25, 0.3) is 0 Å². The van der Waals surface area contributed by atoms with Gasteiger partial charge in [-0.2, -0.15) is 5.10 Å². The second-order valence-corrected chi connectivity index (χ2v) is 6.17. The molecule has 0 aromatic carbocycles. The minimum absolute atomic E-state index is 0.505. The van der Waals surface area contributed by atoms with Gasteiger partial charge < -0.3 is 10.2 Å². The van der Waals surface area contributed by atoms with Crippen LogP contribution in [-0.2, 0) is 6.54 Å². The van der Waals surface area contributed by atoms with Crippen LogP contribution in [0.2, 0.25) is 0 Å². The molecule has 1 N–H and O–H groups in total. The molecule has 2 bridgehead atoms. The van der Waals surface area contributed by atoms with E-state index in [1.165, 1.54) is 38.2 Å². The zero-order chi connectivity index (χ0) is 13.2. The number of rotatable bonds is 5. The van der Waals surface area contributed by atoms with E-state index in [-0.39, 0.29) is 0 Å². The maximum absolute atomic E-state index is 4.67. The molecular formula is C15H26N4. The van der Waals surface area contributed by atoms with E-state index in [1.807, 2.05) is 0 Å². The fraction of sp³-hybridized carbons (Fsp3) is 0.800. The van der Waals surface area contributed by atoms with E-state index in [9.17, 15) is 0 Å². The van der Waals surface area contributed by atoms with E-state index in [1.54, 1.807) is 0 Å². The quantitative estimate of drug-likeness (QED) is 0.881. The summed E-state index contributed by atoms with van der Waals surface area (Å²) < 4.78 is 2.09. The van der Waals surface area contributed by atoms with Gasteiger partial charge in [0.1, 0.15) is 0 Å². The summed E-state index contributed by atoms with van der Waals surface area (Å²) in [6, 6.07) is 3.34. The summed E-state index contributed by atoms with van der Waals surface area (Å²) >= 11 is 0. The molecular weight excluding hydrogens is 236 g/mol. The zero-order valence-electron chi connectivity index (χ0n) is 12.2. The summed E-state index contributed by atoms with van der Waals surface area (Å²) in [5.74, 6) is 0.890. The highest BCUT2D eigenvalue weighted by molar-refractivity contribution is 5.01. The summed E-state index contributed by atoms with van der Waals surface area (Å²) in [4.78, 5) is 2.59. The maximum atomic E-state index is 4.67. The molecule has 3 fully saturated rings. The summed E-state index contributed by atoms with van der Waals surface area (Å²) in [5, 5.41) is 8.39. The molecule has 3 aliphatic rings. The van der Waals surface area contributed by atoms with Crippen LogP contribution in [0.4, 0.5) is 0 Å². The van der Waals surface area contributed by atoms with Crippen molar-refractivity contribution in [1.82, 2.24) is 20.0 Å². The molecule has 4 heterocycles. The summed E-state index contributed by atoms with van der Waals surface area (Å²) in [6.07, 6.45) is 5.99. The molecule has 0 radical (unpaired) electrons. The molecule has 2 atom stereocenters. The van der Waals surface area contributed by atoms with Crippen LogP contribution in [0.15, 0.2) is 12.3 Å². The Bertz CT molecular complexity index is 406. The molecule has 1 aromatic heterocycles. The SMILES string of the molecule is CCC(C)n1ccc(CNC2CN3CCC2CC3)n1. The van der Waals surface area contributed by atoms with Crippen LogP contribution >= 0.6 is 0 Å². The highest BCUT2D eigenvalue weighted by atomic mass is 15.3. The smallest absolute Gasteiger partial charge is 0.0762 e. The van der Waals surface area contributed by atoms with Gasteiger partial charge in [0.05, 0.1) is 5.69 Å². The van der Waals surface area contributed by atoms with Crippen molar-refractivity contribution < 1.29 is 0 Å². The second-order valence-electron chi connectivity index (χ2n) is 6.17. The van der Waals surface area contributed by atoms with Crippen LogP contribution in [0.1, 0.15) is 44.8 Å². The van der Waals surface area contributed by atoms with Gasteiger partial charge in [0.2, 0.25) is 0 Å². The molecule has 0 amide bonds. The first kappa shape index (κ1) is 13.1. The van der Waals surface area contributed by atoms with Gasteiger partial charge in [-0.05, 0) is 51.3 Å². The highest BCUT2D eigenvalue weighted by Crippen LogP contribution is 2.27. The Balaban J connectivity index is 1.53. The van der Waals surface area contributed by atoms with E-state index in [4.69, 9.17) is 0 Å². The molecule has 2 unspecified atom stereocenters. The Morgan fingerprint density at radius 1 is 1.42 bits per heavy atom. The van der Waals surface area contributed by atoms with Gasteiger partial charge in [-0.25, -0.2) is 0 Å². The van der Waals surface area contributed by atoms with Crippen molar-refractivity contribution in [2.45, 2.75) is 51.7 Å². The molecule has 0 spiro atoms. The standard InChI is InChI=1S/C15H26N4/c1-3-12(2)19-9-6-14(17-19)10-16-15-11-18-7-4-13(15)5-8-18/h6,9,12-13,15-16H,3-5,7-8,10-11H2,1-2H3. The topological polar surface area (TPSA) is 33.1 Å². The number of fused-ring (bicyclic) bond motifs is 3. The predicted octanol–water partition coefficient (Wildman–Crippen LogP) is 2.04. The first-order chi connectivity index (χ1) is 9.26. The molecule has 19 heavy (non-hydrogen) atoms. The zero-order valence-corrected chi connectivity index (χ0v) is 12.2. The van der Waals surface area contributed by atoms with Crippen molar-refractivity contribution >= 4 is 0 Å². The van der Waals surface area contributed by atoms with Crippen molar-refractivity contribution in [2.75, 3.05) is 19.6 Å². The molecule has 106 valence electrons. The lowest BCUT2D eigenvalue weighted by Crippen LogP contribution is -2.55. The Morgan fingerprint density at radius 2 is 2.21 bits per heavy atom. The Labute approximate surface area is 116 Å². The third-order valence-corrected chi connectivity index (χ3v) is 4.91. The van der Waals surface area contributed by atoms with Crippen LogP contribution in [-0.4, -0.2) is 40.4 Å². The summed E-state index contributed by atoms with van der Waals surface area (Å²) in [7, 11) is 0. The van der Waals surface area contributed by atoms with Gasteiger partial charge in [-0.1, -0.05) is 6.92 Å². The number of nitrogens with one attached hydrogen (secondary N) is 1. The van der Waals surface area contributed by atoms with Gasteiger partial charge in [0, 0.05) is 31.4 Å². The van der Waals surface area contributed by atoms with Crippen molar-refractivity contribution in [3.63, 3.8) is 0 Å². The van der Waals surface area contributed by atoms with Crippen molar-refractivity contribution in [1.29, 1.82) is 0 Å². The fourth-order valence-electron chi connectivity index (χ4n) is 3.34. The number of nitrogens with zero attached hydrogens (tertiary/aromatic N) is 3. The number of hydrogen-bond acceptors (Lipinski definition) is 3. The lowest BCUT2D eigenvalue weighted by Gasteiger charge is -2.45. The lowest BCUT2D eigenvalue weighted by molar-refractivity contribution is 0.0718. The van der Waals surface area contributed by atoms with E-state index >= 15 is 0 Å². The molecule has 1 aromatic rings. The third kappa shape index (κ3) is 2.84. The highest BCUT2D eigenvalue weighted by Gasteiger charge is 2.33. The van der Waals surface area contributed by atoms with Crippen molar-refractivity contribution in [2.24, 2.45) is 5.92 Å². The van der Waals surface area contributed by atoms with Gasteiger partial charge in [0.25, 0.3) is 0 Å². The Morgan fingerprint density at radius 3 is 2.84 bits per heavy atom. The second kappa shape index (κ2) is 5.63. The molecule has 3 saturated heterocycles. The molecule has 4 heteroatoms. The van der Waals surface area contributed by atoms with Gasteiger partial charge in [0.15, 0.2) is 0 Å². The molecule has 4 nitrogen and oxygen atoms in total. The largest absolute Gasteiger partial charge is 0.307 e. The molecule has 0 saturated carbocycles. The van der Waals surface area contributed by atoms with E-state index in [0.717, 1.165) is 18.9 Å². The molecule has 3 aliphatic heterocycles. The van der Waals surface area contributed by atoms with Crippen LogP contribution in [0, 0.1) is 5.92 Å². The van der Waals surface area contributed by atoms with Crippen LogP contribution in [0.3, 0.4) is 0 Å². The van der Waals surface area contributed by atoms with Crippen LogP contribution < -0.4 is 5.32 Å². The summed E-state index contributed by atoms with van der Waals surface area (Å²) in [6.45, 7) is 9.20. The molecule has 4 rings (SSSR count). The average Bonchev–Trinajstić information content (AvgIpc) is 2.94. The minimum Gasteiger partial charge on any atom is -0.307 e.